The molecule has 3 heterocycles. The maximum absolute atomic E-state index is 12.2. The van der Waals surface area contributed by atoms with Crippen molar-refractivity contribution < 1.29 is 14.4 Å². The van der Waals surface area contributed by atoms with Crippen LogP contribution in [-0.4, -0.2) is 65.3 Å². The molecule has 0 saturated carbocycles. The first-order valence-corrected chi connectivity index (χ1v) is 7.21. The first-order chi connectivity index (χ1) is 10.7. The van der Waals surface area contributed by atoms with Gasteiger partial charge in [0.15, 0.2) is 0 Å². The van der Waals surface area contributed by atoms with Crippen molar-refractivity contribution in [2.24, 2.45) is 0 Å². The van der Waals surface area contributed by atoms with E-state index in [1.807, 2.05) is 4.90 Å². The molecule has 3 rings (SSSR count). The fraction of sp³-hybridized carbons (Fsp3) is 0.538. The second-order valence-electron chi connectivity index (χ2n) is 5.10. The molecule has 0 spiro atoms. The van der Waals surface area contributed by atoms with Crippen molar-refractivity contribution in [2.75, 3.05) is 38.2 Å². The van der Waals surface area contributed by atoms with Crippen LogP contribution in [0.15, 0.2) is 12.3 Å². The highest BCUT2D eigenvalue weighted by Gasteiger charge is 2.30. The third-order valence-electron chi connectivity index (χ3n) is 3.69. The van der Waals surface area contributed by atoms with Crippen molar-refractivity contribution in [3.63, 3.8) is 0 Å². The zero-order valence-electron chi connectivity index (χ0n) is 12.4. The van der Waals surface area contributed by atoms with Gasteiger partial charge in [0, 0.05) is 19.3 Å². The van der Waals surface area contributed by atoms with Gasteiger partial charge in [-0.1, -0.05) is 0 Å². The van der Waals surface area contributed by atoms with Gasteiger partial charge in [0.25, 0.3) is 5.91 Å². The lowest BCUT2D eigenvalue weighted by molar-refractivity contribution is -0.0729. The number of anilines is 1. The van der Waals surface area contributed by atoms with Crippen LogP contribution in [0.25, 0.3) is 0 Å². The van der Waals surface area contributed by atoms with E-state index < -0.39 is 11.9 Å². The van der Waals surface area contributed by atoms with E-state index in [-0.39, 0.29) is 5.69 Å². The second kappa shape index (κ2) is 6.14. The standard InChI is InChI=1S/C13H18N6O3/c1-22-19-9-8-18(13(19)21)16-11(20)10-4-5-14-12(15-10)17-6-2-3-7-17/h4-5H,2-3,6-9H2,1H3,(H,16,20). The summed E-state index contributed by atoms with van der Waals surface area (Å²) in [5.41, 5.74) is 2.78. The molecular weight excluding hydrogens is 288 g/mol. The first kappa shape index (κ1) is 14.5. The Bertz CT molecular complexity index is 575. The summed E-state index contributed by atoms with van der Waals surface area (Å²) in [4.78, 5) is 39.5. The smallest absolute Gasteiger partial charge is 0.341 e. The Hall–Kier alpha value is -2.42. The number of rotatable bonds is 4. The third kappa shape index (κ3) is 2.80. The largest absolute Gasteiger partial charge is 0.362 e. The van der Waals surface area contributed by atoms with Crippen LogP contribution in [0.4, 0.5) is 10.7 Å². The van der Waals surface area contributed by atoms with E-state index in [4.69, 9.17) is 4.84 Å². The van der Waals surface area contributed by atoms with Crippen LogP contribution in [0.5, 0.6) is 0 Å². The van der Waals surface area contributed by atoms with E-state index in [0.29, 0.717) is 19.0 Å². The molecule has 0 aromatic carbocycles. The SMILES string of the molecule is CON1CCN(NC(=O)c2ccnc(N3CCCC3)n2)C1=O. The van der Waals surface area contributed by atoms with Crippen molar-refractivity contribution in [3.8, 4) is 0 Å². The number of amides is 3. The van der Waals surface area contributed by atoms with Gasteiger partial charge in [-0.05, 0) is 18.9 Å². The number of hydrogen-bond donors (Lipinski definition) is 1. The van der Waals surface area contributed by atoms with Crippen molar-refractivity contribution in [2.45, 2.75) is 12.8 Å². The van der Waals surface area contributed by atoms with Crippen LogP contribution < -0.4 is 10.3 Å². The first-order valence-electron chi connectivity index (χ1n) is 7.21. The summed E-state index contributed by atoms with van der Waals surface area (Å²) in [7, 11) is 1.41. The minimum absolute atomic E-state index is 0.237. The highest BCUT2D eigenvalue weighted by Crippen LogP contribution is 2.15. The van der Waals surface area contributed by atoms with Crippen LogP contribution in [0, 0.1) is 0 Å². The van der Waals surface area contributed by atoms with Gasteiger partial charge in [-0.15, -0.1) is 0 Å². The summed E-state index contributed by atoms with van der Waals surface area (Å²) < 4.78 is 0. The fourth-order valence-corrected chi connectivity index (χ4v) is 2.51. The molecule has 0 unspecified atom stereocenters. The van der Waals surface area contributed by atoms with Crippen LogP contribution in [0.3, 0.4) is 0 Å². The summed E-state index contributed by atoms with van der Waals surface area (Å²) in [5.74, 6) is 0.116. The van der Waals surface area contributed by atoms with Gasteiger partial charge in [-0.3, -0.25) is 15.1 Å². The third-order valence-corrected chi connectivity index (χ3v) is 3.69. The van der Waals surface area contributed by atoms with E-state index in [9.17, 15) is 9.59 Å². The molecule has 9 heteroatoms. The van der Waals surface area contributed by atoms with E-state index in [2.05, 4.69) is 15.4 Å². The number of urea groups is 1. The predicted molar refractivity (Wildman–Crippen MR) is 76.8 cm³/mol. The molecule has 3 amide bonds. The molecule has 0 aliphatic carbocycles. The summed E-state index contributed by atoms with van der Waals surface area (Å²) in [6.07, 6.45) is 3.77. The van der Waals surface area contributed by atoms with Crippen molar-refractivity contribution in [1.82, 2.24) is 25.5 Å². The van der Waals surface area contributed by atoms with Crippen molar-refractivity contribution in [1.29, 1.82) is 0 Å². The molecule has 22 heavy (non-hydrogen) atoms. The summed E-state index contributed by atoms with van der Waals surface area (Å²) >= 11 is 0. The second-order valence-corrected chi connectivity index (χ2v) is 5.10. The fourth-order valence-electron chi connectivity index (χ4n) is 2.51. The van der Waals surface area contributed by atoms with E-state index in [1.165, 1.54) is 23.2 Å². The lowest BCUT2D eigenvalue weighted by Gasteiger charge is -2.18. The van der Waals surface area contributed by atoms with Gasteiger partial charge in [0.2, 0.25) is 5.95 Å². The van der Waals surface area contributed by atoms with Gasteiger partial charge in [-0.2, -0.15) is 0 Å². The van der Waals surface area contributed by atoms with E-state index in [1.54, 1.807) is 6.20 Å². The maximum atomic E-state index is 12.2. The minimum atomic E-state index is -0.436. The highest BCUT2D eigenvalue weighted by atomic mass is 16.7. The van der Waals surface area contributed by atoms with Crippen LogP contribution in [0.1, 0.15) is 23.3 Å². The lowest BCUT2D eigenvalue weighted by atomic mass is 10.4. The van der Waals surface area contributed by atoms with Crippen molar-refractivity contribution >= 4 is 17.9 Å². The van der Waals surface area contributed by atoms with Crippen molar-refractivity contribution in [3.05, 3.63) is 18.0 Å². The minimum Gasteiger partial charge on any atom is -0.341 e. The molecule has 0 radical (unpaired) electrons. The Labute approximate surface area is 127 Å². The molecular formula is C13H18N6O3. The number of hydrazine groups is 1. The van der Waals surface area contributed by atoms with E-state index in [0.717, 1.165) is 25.9 Å². The molecule has 1 aromatic rings. The number of nitrogens with zero attached hydrogens (tertiary/aromatic N) is 5. The molecule has 2 fully saturated rings. The van der Waals surface area contributed by atoms with Crippen LogP contribution >= 0.6 is 0 Å². The normalized spacial score (nSPS) is 18.2. The van der Waals surface area contributed by atoms with Crippen LogP contribution in [-0.2, 0) is 4.84 Å². The summed E-state index contributed by atoms with van der Waals surface area (Å²) in [5, 5.41) is 2.39. The van der Waals surface area contributed by atoms with Gasteiger partial charge in [0.05, 0.1) is 20.2 Å². The molecule has 0 atom stereocenters. The monoisotopic (exact) mass is 306 g/mol. The number of carbonyl (C=O) groups excluding carboxylic acids is 2. The Morgan fingerprint density at radius 2 is 2.05 bits per heavy atom. The van der Waals surface area contributed by atoms with Gasteiger partial charge in [0.1, 0.15) is 5.69 Å². The number of carbonyl (C=O) groups is 2. The predicted octanol–water partition coefficient (Wildman–Crippen LogP) is 0.0206. The number of aromatic nitrogens is 2. The zero-order chi connectivity index (χ0) is 15.5. The van der Waals surface area contributed by atoms with Gasteiger partial charge >= 0.3 is 6.03 Å². The maximum Gasteiger partial charge on any atom is 0.362 e. The van der Waals surface area contributed by atoms with Gasteiger partial charge < -0.3 is 4.90 Å². The zero-order valence-corrected chi connectivity index (χ0v) is 12.4. The molecule has 118 valence electrons. The lowest BCUT2D eigenvalue weighted by Crippen LogP contribution is -2.45. The number of nitrogens with one attached hydrogen (secondary N) is 1. The van der Waals surface area contributed by atoms with Crippen LogP contribution in [0.2, 0.25) is 0 Å². The quantitative estimate of drug-likeness (QED) is 0.843. The molecule has 2 saturated heterocycles. The Morgan fingerprint density at radius 3 is 2.73 bits per heavy atom. The molecule has 1 N–H and O–H groups in total. The average Bonchev–Trinajstić information content (AvgIpc) is 3.18. The highest BCUT2D eigenvalue weighted by molar-refractivity contribution is 5.93. The average molecular weight is 306 g/mol. The van der Waals surface area contributed by atoms with Gasteiger partial charge in [-0.25, -0.2) is 24.8 Å². The topological polar surface area (TPSA) is 90.9 Å². The number of hydroxylamine groups is 2. The number of hydrogen-bond acceptors (Lipinski definition) is 6. The summed E-state index contributed by atoms with van der Waals surface area (Å²) in [6, 6.07) is 1.13. The molecule has 0 bridgehead atoms. The molecule has 2 aliphatic heterocycles. The molecule has 9 nitrogen and oxygen atoms in total. The molecule has 2 aliphatic rings. The Balaban J connectivity index is 1.67. The Morgan fingerprint density at radius 1 is 1.27 bits per heavy atom. The van der Waals surface area contributed by atoms with E-state index >= 15 is 0 Å². The summed E-state index contributed by atoms with van der Waals surface area (Å²) in [6.45, 7) is 2.57. The molecule has 1 aromatic heterocycles. The Kier molecular flexibility index (Phi) is 4.05.